The Morgan fingerprint density at radius 1 is 1.08 bits per heavy atom. The number of carbonyl (C=O) groups excluding carboxylic acids is 2. The lowest BCUT2D eigenvalue weighted by atomic mass is 10.1. The highest BCUT2D eigenvalue weighted by Crippen LogP contribution is 2.18. The van der Waals surface area contributed by atoms with E-state index in [-0.39, 0.29) is 18.2 Å². The maximum absolute atomic E-state index is 12.9. The first-order valence-corrected chi connectivity index (χ1v) is 9.71. The van der Waals surface area contributed by atoms with Gasteiger partial charge in [0.05, 0.1) is 37.9 Å². The van der Waals surface area contributed by atoms with Gasteiger partial charge in [-0.15, -0.1) is 0 Å². The molecule has 0 atom stereocenters. The normalized spacial score (nSPS) is 22.3. The number of rotatable bonds is 3. The van der Waals surface area contributed by atoms with E-state index < -0.39 is 0 Å². The van der Waals surface area contributed by atoms with Crippen LogP contribution in [0.2, 0.25) is 0 Å². The Bertz CT molecular complexity index is 689. The summed E-state index contributed by atoms with van der Waals surface area (Å²) in [5.41, 5.74) is 4.30. The van der Waals surface area contributed by atoms with Crippen molar-refractivity contribution in [3.8, 4) is 0 Å². The number of nitrogens with zero attached hydrogens (tertiary/aromatic N) is 2. The quantitative estimate of drug-likeness (QED) is 0.829. The topological polar surface area (TPSA) is 57.1 Å². The van der Waals surface area contributed by atoms with Crippen LogP contribution in [0.1, 0.15) is 32.1 Å². The van der Waals surface area contributed by atoms with E-state index in [9.17, 15) is 9.59 Å². The molecule has 1 aromatic carbocycles. The molecule has 1 aromatic rings. The number of hydrogen-bond donors (Lipinski definition) is 2. The van der Waals surface area contributed by atoms with E-state index >= 15 is 0 Å². The average Bonchev–Trinajstić information content (AvgIpc) is 3.23. The second kappa shape index (κ2) is 7.50. The van der Waals surface area contributed by atoms with Crippen LogP contribution in [0, 0.1) is 0 Å². The van der Waals surface area contributed by atoms with Crippen molar-refractivity contribution in [2.24, 2.45) is 0 Å². The Hall–Kier alpha value is -2.34. The second-order valence-electron chi connectivity index (χ2n) is 7.43. The fourth-order valence-corrected chi connectivity index (χ4v) is 4.34. The molecule has 2 amide bonds. The van der Waals surface area contributed by atoms with Crippen molar-refractivity contribution in [3.05, 3.63) is 42.1 Å². The molecule has 1 aliphatic carbocycles. The van der Waals surface area contributed by atoms with Crippen LogP contribution in [0.5, 0.6) is 0 Å². The molecule has 1 saturated heterocycles. The number of benzene rings is 1. The largest absolute Gasteiger partial charge is 0.330 e. The third-order valence-electron chi connectivity index (χ3n) is 5.83. The molecular weight excluding hydrogens is 328 g/mol. The lowest BCUT2D eigenvalue weighted by Crippen LogP contribution is -3.18. The van der Waals surface area contributed by atoms with E-state index in [4.69, 9.17) is 0 Å². The fourth-order valence-electron chi connectivity index (χ4n) is 4.34. The highest BCUT2D eigenvalue weighted by Gasteiger charge is 2.33. The zero-order chi connectivity index (χ0) is 17.9. The van der Waals surface area contributed by atoms with Crippen molar-refractivity contribution < 1.29 is 14.5 Å². The number of hydrogen-bond acceptors (Lipinski definition) is 3. The van der Waals surface area contributed by atoms with Gasteiger partial charge in [-0.2, -0.15) is 0 Å². The Morgan fingerprint density at radius 3 is 2.46 bits per heavy atom. The van der Waals surface area contributed by atoms with Crippen molar-refractivity contribution in [1.29, 1.82) is 0 Å². The minimum absolute atomic E-state index is 0.00361. The van der Waals surface area contributed by atoms with E-state index in [0.29, 0.717) is 5.70 Å². The van der Waals surface area contributed by atoms with Gasteiger partial charge < -0.3 is 9.80 Å². The van der Waals surface area contributed by atoms with Gasteiger partial charge >= 0.3 is 0 Å². The summed E-state index contributed by atoms with van der Waals surface area (Å²) in [4.78, 5) is 28.7. The molecule has 3 aliphatic rings. The standard InChI is InChI=1S/C20H26N4O2/c25-19-11-10-18(21-24(19)17-8-2-1-3-9-17)20(26)23-14-12-22(13-15-23)16-6-4-5-7-16/h1-3,8-10,16,21H,4-7,11-15H2/p+1. The van der Waals surface area contributed by atoms with Crippen molar-refractivity contribution >= 4 is 17.5 Å². The minimum atomic E-state index is -0.0525. The lowest BCUT2D eigenvalue weighted by Gasteiger charge is -2.37. The minimum Gasteiger partial charge on any atom is -0.330 e. The van der Waals surface area contributed by atoms with Crippen molar-refractivity contribution in [3.63, 3.8) is 0 Å². The number of anilines is 1. The summed E-state index contributed by atoms with van der Waals surface area (Å²) < 4.78 is 0. The molecular formula is C20H27N4O2+. The molecule has 6 nitrogen and oxygen atoms in total. The number of para-hydroxylation sites is 1. The first-order valence-electron chi connectivity index (χ1n) is 9.71. The molecule has 2 aliphatic heterocycles. The number of carbonyl (C=O) groups is 2. The third kappa shape index (κ3) is 3.46. The number of amides is 2. The van der Waals surface area contributed by atoms with Gasteiger partial charge in [-0.25, -0.2) is 5.01 Å². The summed E-state index contributed by atoms with van der Waals surface area (Å²) in [6.45, 7) is 3.65. The molecule has 0 aromatic heterocycles. The van der Waals surface area contributed by atoms with Crippen molar-refractivity contribution in [1.82, 2.24) is 10.3 Å². The smallest absolute Gasteiger partial charge is 0.271 e. The van der Waals surface area contributed by atoms with Gasteiger partial charge in [0, 0.05) is 6.42 Å². The molecule has 2 heterocycles. The van der Waals surface area contributed by atoms with Crippen LogP contribution >= 0.6 is 0 Å². The van der Waals surface area contributed by atoms with E-state index in [1.807, 2.05) is 35.2 Å². The van der Waals surface area contributed by atoms with E-state index in [1.54, 1.807) is 11.0 Å². The molecule has 2 fully saturated rings. The molecule has 4 rings (SSSR count). The summed E-state index contributed by atoms with van der Waals surface area (Å²) in [6, 6.07) is 10.2. The number of nitrogens with one attached hydrogen (secondary N) is 2. The van der Waals surface area contributed by atoms with Gasteiger partial charge in [0.25, 0.3) is 5.91 Å². The monoisotopic (exact) mass is 355 g/mol. The lowest BCUT2D eigenvalue weighted by molar-refractivity contribution is -0.928. The first kappa shape index (κ1) is 17.1. The van der Waals surface area contributed by atoms with E-state index in [0.717, 1.165) is 37.9 Å². The maximum Gasteiger partial charge on any atom is 0.271 e. The summed E-state index contributed by atoms with van der Waals surface area (Å²) in [5, 5.41) is 1.48. The molecule has 0 radical (unpaired) electrons. The molecule has 138 valence electrons. The van der Waals surface area contributed by atoms with E-state index in [2.05, 4.69) is 5.43 Å². The Labute approximate surface area is 154 Å². The third-order valence-corrected chi connectivity index (χ3v) is 5.83. The second-order valence-corrected chi connectivity index (χ2v) is 7.43. The Morgan fingerprint density at radius 2 is 1.77 bits per heavy atom. The molecule has 2 N–H and O–H groups in total. The molecule has 1 saturated carbocycles. The number of hydrazine groups is 1. The van der Waals surface area contributed by atoms with Crippen molar-refractivity contribution in [2.75, 3.05) is 31.2 Å². The zero-order valence-electron chi connectivity index (χ0n) is 15.1. The predicted molar refractivity (Wildman–Crippen MR) is 99.3 cm³/mol. The van der Waals surface area contributed by atoms with Crippen LogP contribution in [0.15, 0.2) is 42.1 Å². The van der Waals surface area contributed by atoms with Gasteiger partial charge in [0.15, 0.2) is 0 Å². The van der Waals surface area contributed by atoms with Crippen LogP contribution in [0.3, 0.4) is 0 Å². The SMILES string of the molecule is O=C(C1=CCC(=O)N(c2ccccc2)N1)N1CC[NH+](C2CCCC2)CC1. The highest BCUT2D eigenvalue weighted by molar-refractivity contribution is 6.01. The van der Waals surface area contributed by atoms with Crippen LogP contribution in [-0.2, 0) is 9.59 Å². The molecule has 26 heavy (non-hydrogen) atoms. The summed E-state index contributed by atoms with van der Waals surface area (Å²) >= 11 is 0. The zero-order valence-corrected chi connectivity index (χ0v) is 15.1. The first-order chi connectivity index (χ1) is 12.7. The van der Waals surface area contributed by atoms with Gasteiger partial charge in [-0.05, 0) is 43.9 Å². The number of piperazine rings is 1. The van der Waals surface area contributed by atoms with Crippen LogP contribution < -0.4 is 15.3 Å². The maximum atomic E-state index is 12.9. The summed E-state index contributed by atoms with van der Waals surface area (Å²) in [7, 11) is 0. The fraction of sp³-hybridized carbons (Fsp3) is 0.500. The highest BCUT2D eigenvalue weighted by atomic mass is 16.2. The van der Waals surface area contributed by atoms with Gasteiger partial charge in [-0.3, -0.25) is 15.0 Å². The van der Waals surface area contributed by atoms with Crippen molar-refractivity contribution in [2.45, 2.75) is 38.1 Å². The molecule has 0 spiro atoms. The summed E-state index contributed by atoms with van der Waals surface area (Å²) in [5.74, 6) is -0.0489. The van der Waals surface area contributed by atoms with Crippen LogP contribution in [0.25, 0.3) is 0 Å². The van der Waals surface area contributed by atoms with Gasteiger partial charge in [0.1, 0.15) is 5.70 Å². The number of quaternary nitrogens is 1. The molecule has 6 heteroatoms. The molecule has 0 bridgehead atoms. The van der Waals surface area contributed by atoms with Gasteiger partial charge in [0.2, 0.25) is 5.91 Å². The molecule has 0 unspecified atom stereocenters. The van der Waals surface area contributed by atoms with Gasteiger partial charge in [-0.1, -0.05) is 18.2 Å². The predicted octanol–water partition coefficient (Wildman–Crippen LogP) is 0.482. The summed E-state index contributed by atoms with van der Waals surface area (Å²) in [6.07, 6.45) is 7.36. The van der Waals surface area contributed by atoms with Crippen LogP contribution in [-0.4, -0.2) is 48.9 Å². The Kier molecular flexibility index (Phi) is 4.93. The van der Waals surface area contributed by atoms with Crippen LogP contribution in [0.4, 0.5) is 5.69 Å². The van der Waals surface area contributed by atoms with E-state index in [1.165, 1.54) is 30.7 Å². The average molecular weight is 355 g/mol. The Balaban J connectivity index is 1.38.